The monoisotopic (exact) mass is 343 g/mol. The third-order valence-electron chi connectivity index (χ3n) is 3.86. The van der Waals surface area contributed by atoms with Crippen LogP contribution in [0.15, 0.2) is 6.33 Å². The van der Waals surface area contributed by atoms with Crippen molar-refractivity contribution in [3.8, 4) is 0 Å². The van der Waals surface area contributed by atoms with Crippen LogP contribution in [0.2, 0.25) is 0 Å². The molecule has 0 saturated carbocycles. The molecule has 124 valence electrons. The van der Waals surface area contributed by atoms with Gasteiger partial charge in [0.15, 0.2) is 23.2 Å². The first-order valence-corrected chi connectivity index (χ1v) is 7.94. The molecular weight excluding hydrogens is 333 g/mol. The number of fused-ring (bicyclic) bond motifs is 6. The molecule has 13 heteroatoms. The fourth-order valence-electron chi connectivity index (χ4n) is 2.94. The number of hydrogen-bond donors (Lipinski definition) is 3. The number of aliphatic hydroxyl groups is 2. The number of nitrogen functional groups attached to an aromatic ring is 1. The minimum absolute atomic E-state index is 0.0222. The van der Waals surface area contributed by atoms with E-state index >= 15 is 0 Å². The Bertz CT molecular complexity index is 836. The van der Waals surface area contributed by atoms with Gasteiger partial charge in [0.05, 0.1) is 7.82 Å². The summed E-state index contributed by atoms with van der Waals surface area (Å²) in [6.07, 6.45) is -5.58. The van der Waals surface area contributed by atoms with Crippen LogP contribution >= 0.6 is 7.82 Å². The number of ether oxygens (including phenoxy) is 1. The first-order valence-electron chi connectivity index (χ1n) is 6.48. The lowest BCUT2D eigenvalue weighted by Gasteiger charge is -2.37. The number of nitrogens with zero attached hydrogens (tertiary/aromatic N) is 4. The quantitative estimate of drug-likeness (QED) is 0.468. The van der Waals surface area contributed by atoms with Crippen LogP contribution in [0.5, 0.6) is 0 Å². The lowest BCUT2D eigenvalue weighted by atomic mass is 10.1. The zero-order valence-corrected chi connectivity index (χ0v) is 12.1. The van der Waals surface area contributed by atoms with Crippen molar-refractivity contribution >= 4 is 24.8 Å². The van der Waals surface area contributed by atoms with Gasteiger partial charge in [-0.25, -0.2) is 15.0 Å². The molecule has 2 bridgehead atoms. The van der Waals surface area contributed by atoms with Gasteiger partial charge < -0.3 is 39.6 Å². The van der Waals surface area contributed by atoms with Gasteiger partial charge in [0.1, 0.15) is 36.6 Å². The fourth-order valence-corrected chi connectivity index (χ4v) is 3.43. The van der Waals surface area contributed by atoms with Gasteiger partial charge in [0, 0.05) is 0 Å². The minimum atomic E-state index is -5.42. The number of imidazole rings is 1. The zero-order chi connectivity index (χ0) is 16.5. The fraction of sp³-hybridized carbons (Fsp3) is 0.500. The first kappa shape index (κ1) is 14.9. The van der Waals surface area contributed by atoms with Gasteiger partial charge in [-0.2, -0.15) is 0 Å². The van der Waals surface area contributed by atoms with Gasteiger partial charge in [0.2, 0.25) is 0 Å². The molecule has 4 heterocycles. The normalized spacial score (nSPS) is 33.1. The van der Waals surface area contributed by atoms with Crippen molar-refractivity contribution in [2.24, 2.45) is 0 Å². The number of aromatic nitrogens is 4. The second-order valence-electron chi connectivity index (χ2n) is 5.22. The van der Waals surface area contributed by atoms with Crippen molar-refractivity contribution in [1.82, 2.24) is 19.5 Å². The average Bonchev–Trinajstić information content (AvgIpc) is 2.96. The van der Waals surface area contributed by atoms with Crippen LogP contribution < -0.4 is 15.5 Å². The van der Waals surface area contributed by atoms with Crippen molar-refractivity contribution in [2.75, 3.05) is 5.73 Å². The van der Waals surface area contributed by atoms with Crippen LogP contribution in [0.1, 0.15) is 18.2 Å². The summed E-state index contributed by atoms with van der Waals surface area (Å²) in [7, 11) is -5.42. The van der Waals surface area contributed by atoms with E-state index in [2.05, 4.69) is 19.5 Å². The van der Waals surface area contributed by atoms with E-state index in [1.165, 1.54) is 4.57 Å². The number of phosphoric acid groups is 1. The molecule has 2 unspecified atom stereocenters. The predicted molar refractivity (Wildman–Crippen MR) is 67.1 cm³/mol. The highest BCUT2D eigenvalue weighted by Crippen LogP contribution is 2.49. The lowest BCUT2D eigenvalue weighted by Crippen LogP contribution is -2.37. The summed E-state index contributed by atoms with van der Waals surface area (Å²) in [5.74, 6) is -0.0232. The van der Waals surface area contributed by atoms with Crippen molar-refractivity contribution in [2.45, 2.75) is 30.6 Å². The van der Waals surface area contributed by atoms with Crippen LogP contribution in [0.25, 0.3) is 11.2 Å². The van der Waals surface area contributed by atoms with E-state index in [-0.39, 0.29) is 22.8 Å². The third kappa shape index (κ3) is 2.08. The summed E-state index contributed by atoms with van der Waals surface area (Å²) >= 11 is 0. The lowest BCUT2D eigenvalue weighted by molar-refractivity contribution is -0.348. The molecule has 4 rings (SSSR count). The number of aliphatic hydroxyl groups excluding tert-OH is 2. The van der Waals surface area contributed by atoms with E-state index in [9.17, 15) is 24.6 Å². The molecule has 0 amide bonds. The largest absolute Gasteiger partial charge is 0.790 e. The van der Waals surface area contributed by atoms with Crippen LogP contribution in [0.3, 0.4) is 0 Å². The maximum absolute atomic E-state index is 11.0. The molecule has 2 aliphatic rings. The van der Waals surface area contributed by atoms with Crippen molar-refractivity contribution in [3.05, 3.63) is 12.2 Å². The molecule has 12 nitrogen and oxygen atoms in total. The van der Waals surface area contributed by atoms with E-state index in [4.69, 9.17) is 10.5 Å². The first-order chi connectivity index (χ1) is 10.8. The summed E-state index contributed by atoms with van der Waals surface area (Å²) < 4.78 is 22.2. The SMILES string of the molecule is Nc1ncnc2c1nc1n2[C@@H]2O[C@@H](C(O)C2O)[C@H]1OP(=O)([O-])[O-]. The average molecular weight is 343 g/mol. The van der Waals surface area contributed by atoms with Gasteiger partial charge in [0.25, 0.3) is 0 Å². The van der Waals surface area contributed by atoms with E-state index < -0.39 is 38.5 Å². The second kappa shape index (κ2) is 4.68. The maximum Gasteiger partial charge on any atom is 0.167 e. The minimum Gasteiger partial charge on any atom is -0.790 e. The van der Waals surface area contributed by atoms with Crippen molar-refractivity contribution < 1.29 is 33.8 Å². The van der Waals surface area contributed by atoms with E-state index in [0.717, 1.165) is 6.33 Å². The maximum atomic E-state index is 11.0. The molecule has 1 saturated heterocycles. The predicted octanol–water partition coefficient (Wildman–Crippen LogP) is -3.07. The molecule has 2 aromatic heterocycles. The van der Waals surface area contributed by atoms with Crippen molar-refractivity contribution in [1.29, 1.82) is 0 Å². The Balaban J connectivity index is 1.96. The van der Waals surface area contributed by atoms with Gasteiger partial charge in [-0.05, 0) is 0 Å². The van der Waals surface area contributed by atoms with Crippen molar-refractivity contribution in [3.63, 3.8) is 0 Å². The Morgan fingerprint density at radius 1 is 1.35 bits per heavy atom. The zero-order valence-electron chi connectivity index (χ0n) is 11.2. The molecule has 1 fully saturated rings. The van der Waals surface area contributed by atoms with Crippen LogP contribution in [0.4, 0.5) is 5.82 Å². The number of hydrogen-bond acceptors (Lipinski definition) is 11. The molecule has 5 atom stereocenters. The van der Waals surface area contributed by atoms with E-state index in [0.29, 0.717) is 0 Å². The smallest absolute Gasteiger partial charge is 0.167 e. The highest BCUT2D eigenvalue weighted by atomic mass is 31.2. The number of nitrogens with two attached hydrogens (primary N) is 1. The number of anilines is 1. The Labute approximate surface area is 127 Å². The third-order valence-corrected chi connectivity index (χ3v) is 4.34. The van der Waals surface area contributed by atoms with Gasteiger partial charge in [-0.3, -0.25) is 4.57 Å². The standard InChI is InChI=1S/C10H12N5O7P/c11-7-2-8(13-1-12-7)15-9(14-2)6(22-23(18,19)20)5-3(16)4(17)10(15)21-5/h1,3-6,10,16-17H,(H2,11,12,13)(H2,18,19,20)/p-2/t3?,4?,5-,6+,10+/m0/s1. The summed E-state index contributed by atoms with van der Waals surface area (Å²) in [6, 6.07) is 0. The molecule has 0 spiro atoms. The summed E-state index contributed by atoms with van der Waals surface area (Å²) in [4.78, 5) is 33.9. The summed E-state index contributed by atoms with van der Waals surface area (Å²) in [6.45, 7) is 0. The molecule has 0 radical (unpaired) electrons. The molecular formula is C10H10N5O7P-2. The Kier molecular flexibility index (Phi) is 3.03. The summed E-state index contributed by atoms with van der Waals surface area (Å²) in [5.41, 5.74) is 6.00. The highest BCUT2D eigenvalue weighted by molar-refractivity contribution is 7.43. The number of rotatable bonds is 2. The van der Waals surface area contributed by atoms with Crippen LogP contribution in [-0.2, 0) is 13.8 Å². The Morgan fingerprint density at radius 3 is 2.78 bits per heavy atom. The van der Waals surface area contributed by atoms with Gasteiger partial charge in [-0.1, -0.05) is 0 Å². The second-order valence-corrected chi connectivity index (χ2v) is 6.32. The molecule has 0 aromatic carbocycles. The summed E-state index contributed by atoms with van der Waals surface area (Å²) in [5, 5.41) is 20.1. The van der Waals surface area contributed by atoms with Gasteiger partial charge >= 0.3 is 0 Å². The van der Waals surface area contributed by atoms with E-state index in [1.54, 1.807) is 0 Å². The highest BCUT2D eigenvalue weighted by Gasteiger charge is 2.55. The van der Waals surface area contributed by atoms with Crippen LogP contribution in [-0.4, -0.2) is 48.0 Å². The number of phosphoric ester groups is 1. The Morgan fingerprint density at radius 2 is 2.09 bits per heavy atom. The molecule has 23 heavy (non-hydrogen) atoms. The topological polar surface area (TPSA) is 192 Å². The van der Waals surface area contributed by atoms with Gasteiger partial charge in [-0.15, -0.1) is 0 Å². The molecule has 2 aromatic rings. The van der Waals surface area contributed by atoms with E-state index in [1.807, 2.05) is 0 Å². The molecule has 0 aliphatic carbocycles. The molecule has 4 N–H and O–H groups in total. The Hall–Kier alpha value is -1.66. The van der Waals surface area contributed by atoms with Crippen LogP contribution in [0, 0.1) is 0 Å². The molecule has 2 aliphatic heterocycles.